The topological polar surface area (TPSA) is 47.9 Å². The van der Waals surface area contributed by atoms with Gasteiger partial charge in [-0.2, -0.15) is 0 Å². The fraction of sp³-hybridized carbons (Fsp3) is 0.579. The molecule has 5 atom stereocenters. The van der Waals surface area contributed by atoms with Gasteiger partial charge in [-0.25, -0.2) is 0 Å². The Morgan fingerprint density at radius 1 is 1.22 bits per heavy atom. The molecule has 2 heterocycles. The van der Waals surface area contributed by atoms with Gasteiger partial charge >= 0.3 is 0 Å². The van der Waals surface area contributed by atoms with Crippen molar-refractivity contribution in [1.29, 1.82) is 0 Å². The van der Waals surface area contributed by atoms with Crippen LogP contribution in [0.4, 0.5) is 0 Å². The molecule has 4 rings (SSSR count). The molecule has 0 amide bonds. The maximum absolute atomic E-state index is 10.1. The Labute approximate surface area is 137 Å². The average Bonchev–Trinajstić information content (AvgIpc) is 3.00. The Balaban J connectivity index is 1.73. The third-order valence-corrected chi connectivity index (χ3v) is 6.27. The number of ether oxygens (including phenoxy) is 3. The van der Waals surface area contributed by atoms with Gasteiger partial charge in [-0.05, 0) is 36.5 Å². The first-order valence-electron chi connectivity index (χ1n) is 8.37. The fourth-order valence-corrected chi connectivity index (χ4v) is 4.68. The van der Waals surface area contributed by atoms with Crippen molar-refractivity contribution < 1.29 is 19.3 Å². The molecule has 4 heteroatoms. The van der Waals surface area contributed by atoms with Gasteiger partial charge in [0.1, 0.15) is 0 Å². The number of hydrogen-bond donors (Lipinski definition) is 1. The Hall–Kier alpha value is -1.52. The summed E-state index contributed by atoms with van der Waals surface area (Å²) in [6.45, 7) is 7.68. The van der Waals surface area contributed by atoms with Gasteiger partial charge in [0, 0.05) is 11.3 Å². The maximum Gasteiger partial charge on any atom is 0.231 e. The summed E-state index contributed by atoms with van der Waals surface area (Å²) in [4.78, 5) is 0. The third kappa shape index (κ3) is 2.05. The number of hydrogen-bond acceptors (Lipinski definition) is 4. The highest BCUT2D eigenvalue weighted by Gasteiger charge is 2.53. The molecule has 124 valence electrons. The smallest absolute Gasteiger partial charge is 0.231 e. The highest BCUT2D eigenvalue weighted by molar-refractivity contribution is 5.45. The van der Waals surface area contributed by atoms with Gasteiger partial charge in [0.2, 0.25) is 6.79 Å². The van der Waals surface area contributed by atoms with Crippen molar-refractivity contribution >= 4 is 0 Å². The monoisotopic (exact) mass is 316 g/mol. The molecule has 1 fully saturated rings. The van der Waals surface area contributed by atoms with Gasteiger partial charge in [0.15, 0.2) is 11.5 Å². The Morgan fingerprint density at radius 2 is 2.00 bits per heavy atom. The number of benzene rings is 1. The highest BCUT2D eigenvalue weighted by atomic mass is 16.7. The van der Waals surface area contributed by atoms with Crippen molar-refractivity contribution in [3.8, 4) is 11.5 Å². The number of aliphatic hydroxyl groups is 1. The lowest BCUT2D eigenvalue weighted by Gasteiger charge is -2.55. The van der Waals surface area contributed by atoms with Crippen LogP contribution in [0, 0.1) is 23.2 Å². The molecular weight excluding hydrogens is 292 g/mol. The van der Waals surface area contributed by atoms with Crippen LogP contribution in [0.15, 0.2) is 29.8 Å². The Kier molecular flexibility index (Phi) is 3.43. The second kappa shape index (κ2) is 5.25. The summed E-state index contributed by atoms with van der Waals surface area (Å²) in [5.74, 6) is 2.58. The van der Waals surface area contributed by atoms with Crippen LogP contribution in [0.5, 0.6) is 11.5 Å². The quantitative estimate of drug-likeness (QED) is 0.850. The van der Waals surface area contributed by atoms with Crippen LogP contribution in [-0.2, 0) is 4.74 Å². The van der Waals surface area contributed by atoms with Crippen LogP contribution in [-0.4, -0.2) is 25.1 Å². The van der Waals surface area contributed by atoms with Crippen LogP contribution in [0.2, 0.25) is 0 Å². The summed E-state index contributed by atoms with van der Waals surface area (Å²) >= 11 is 0. The predicted molar refractivity (Wildman–Crippen MR) is 86.4 cm³/mol. The lowest BCUT2D eigenvalue weighted by molar-refractivity contribution is -0.165. The van der Waals surface area contributed by atoms with E-state index >= 15 is 0 Å². The van der Waals surface area contributed by atoms with E-state index in [4.69, 9.17) is 14.2 Å². The lowest BCUT2D eigenvalue weighted by Crippen LogP contribution is -2.53. The molecule has 23 heavy (non-hydrogen) atoms. The summed E-state index contributed by atoms with van der Waals surface area (Å²) < 4.78 is 17.2. The summed E-state index contributed by atoms with van der Waals surface area (Å²) in [7, 11) is 0. The van der Waals surface area contributed by atoms with Gasteiger partial charge in [0.25, 0.3) is 0 Å². The first kappa shape index (κ1) is 15.0. The van der Waals surface area contributed by atoms with Crippen LogP contribution in [0.25, 0.3) is 0 Å². The van der Waals surface area contributed by atoms with Gasteiger partial charge in [0.05, 0.1) is 19.3 Å². The van der Waals surface area contributed by atoms with Crippen molar-refractivity contribution in [3.63, 3.8) is 0 Å². The molecule has 4 nitrogen and oxygen atoms in total. The van der Waals surface area contributed by atoms with E-state index in [1.807, 2.05) is 12.1 Å². The van der Waals surface area contributed by atoms with E-state index < -0.39 is 0 Å². The molecular formula is C19H24O4. The SMILES string of the molecule is CC1=C[C@H](C)[C@@]2(CO)CO[C@H](c3ccc4c(c3)OCO4)[C@H]1[C@H]2C. The molecule has 1 saturated heterocycles. The molecule has 2 bridgehead atoms. The maximum atomic E-state index is 10.1. The minimum atomic E-state index is -0.170. The number of allylic oxidation sites excluding steroid dienone is 1. The van der Waals surface area contributed by atoms with Gasteiger partial charge < -0.3 is 19.3 Å². The van der Waals surface area contributed by atoms with Gasteiger partial charge in [-0.1, -0.05) is 31.6 Å². The zero-order valence-electron chi connectivity index (χ0n) is 13.9. The summed E-state index contributed by atoms with van der Waals surface area (Å²) in [6, 6.07) is 6.07. The number of rotatable bonds is 2. The molecule has 1 N–H and O–H groups in total. The number of fused-ring (bicyclic) bond motifs is 3. The van der Waals surface area contributed by atoms with E-state index in [0.29, 0.717) is 18.4 Å². The molecule has 1 aliphatic carbocycles. The lowest BCUT2D eigenvalue weighted by atomic mass is 9.56. The molecule has 0 unspecified atom stereocenters. The van der Waals surface area contributed by atoms with Crippen molar-refractivity contribution in [2.45, 2.75) is 26.9 Å². The average molecular weight is 316 g/mol. The number of aliphatic hydroxyl groups excluding tert-OH is 1. The predicted octanol–water partition coefficient (Wildman–Crippen LogP) is 3.31. The summed E-state index contributed by atoms with van der Waals surface area (Å²) in [5.41, 5.74) is 2.31. The first-order valence-corrected chi connectivity index (χ1v) is 8.37. The van der Waals surface area contributed by atoms with Crippen LogP contribution < -0.4 is 9.47 Å². The second-order valence-electron chi connectivity index (χ2n) is 7.25. The highest BCUT2D eigenvalue weighted by Crippen LogP contribution is 2.56. The minimum absolute atomic E-state index is 0.00271. The van der Waals surface area contributed by atoms with Gasteiger partial charge in [-0.15, -0.1) is 0 Å². The van der Waals surface area contributed by atoms with E-state index in [-0.39, 0.29) is 30.8 Å². The largest absolute Gasteiger partial charge is 0.454 e. The summed E-state index contributed by atoms with van der Waals surface area (Å²) in [6.07, 6.45) is 2.33. The summed E-state index contributed by atoms with van der Waals surface area (Å²) in [5, 5.41) is 10.1. The van der Waals surface area contributed by atoms with E-state index in [2.05, 4.69) is 32.9 Å². The Bertz CT molecular complexity index is 653. The third-order valence-electron chi connectivity index (χ3n) is 6.27. The van der Waals surface area contributed by atoms with Crippen molar-refractivity contribution in [2.75, 3.05) is 20.0 Å². The van der Waals surface area contributed by atoms with Crippen molar-refractivity contribution in [1.82, 2.24) is 0 Å². The molecule has 3 aliphatic rings. The van der Waals surface area contributed by atoms with Crippen LogP contribution in [0.3, 0.4) is 0 Å². The van der Waals surface area contributed by atoms with Crippen molar-refractivity contribution in [3.05, 3.63) is 35.4 Å². The second-order valence-corrected chi connectivity index (χ2v) is 7.25. The van der Waals surface area contributed by atoms with Crippen LogP contribution >= 0.6 is 0 Å². The van der Waals surface area contributed by atoms with E-state index in [1.54, 1.807) is 0 Å². The zero-order chi connectivity index (χ0) is 16.2. The molecule has 2 aliphatic heterocycles. The van der Waals surface area contributed by atoms with Crippen LogP contribution in [0.1, 0.15) is 32.4 Å². The Morgan fingerprint density at radius 3 is 2.78 bits per heavy atom. The normalized spacial score (nSPS) is 38.3. The molecule has 1 aromatic carbocycles. The van der Waals surface area contributed by atoms with Crippen molar-refractivity contribution in [2.24, 2.45) is 23.2 Å². The fourth-order valence-electron chi connectivity index (χ4n) is 4.68. The molecule has 0 radical (unpaired) electrons. The van der Waals surface area contributed by atoms with E-state index in [9.17, 15) is 5.11 Å². The van der Waals surface area contributed by atoms with Gasteiger partial charge in [-0.3, -0.25) is 0 Å². The zero-order valence-corrected chi connectivity index (χ0v) is 13.9. The standard InChI is InChI=1S/C19H24O4/c1-11-6-12(2)19(8-20)9-21-18(17(11)13(19)3)14-4-5-15-16(7-14)23-10-22-15/h4-7,12-13,17-18,20H,8-10H2,1-3H3/t12-,13+,17+,18+,19+/m0/s1. The first-order chi connectivity index (χ1) is 11.1. The molecule has 0 aromatic heterocycles. The minimum Gasteiger partial charge on any atom is -0.454 e. The molecule has 0 saturated carbocycles. The van der Waals surface area contributed by atoms with E-state index in [1.165, 1.54) is 5.57 Å². The molecule has 1 aromatic rings. The molecule has 0 spiro atoms. The van der Waals surface area contributed by atoms with E-state index in [0.717, 1.165) is 17.1 Å².